The van der Waals surface area contributed by atoms with Crippen molar-refractivity contribution in [1.29, 1.82) is 0 Å². The Morgan fingerprint density at radius 3 is 2.19 bits per heavy atom. The number of halogens is 1. The van der Waals surface area contributed by atoms with E-state index in [1.165, 1.54) is 40.9 Å². The summed E-state index contributed by atoms with van der Waals surface area (Å²) in [5.41, 5.74) is 1.60. The van der Waals surface area contributed by atoms with Gasteiger partial charge in [0.05, 0.1) is 17.2 Å². The molecule has 0 saturated heterocycles. The van der Waals surface area contributed by atoms with Crippen molar-refractivity contribution in [2.24, 2.45) is 0 Å². The first kappa shape index (κ1) is 36.5. The third-order valence-electron chi connectivity index (χ3n) is 7.73. The lowest BCUT2D eigenvalue weighted by Crippen LogP contribution is -2.53. The van der Waals surface area contributed by atoms with Crippen LogP contribution in [-0.4, -0.2) is 57.1 Å². The minimum absolute atomic E-state index is 0.00244. The fourth-order valence-electron chi connectivity index (χ4n) is 5.18. The molecule has 4 aromatic carbocycles. The summed E-state index contributed by atoms with van der Waals surface area (Å²) in [6, 6.07) is 27.1. The second-order valence-corrected chi connectivity index (χ2v) is 13.8. The van der Waals surface area contributed by atoms with E-state index in [0.717, 1.165) is 27.6 Å². The number of para-hydroxylation sites is 2. The fourth-order valence-corrected chi connectivity index (χ4v) is 7.01. The first-order chi connectivity index (χ1) is 23.2. The van der Waals surface area contributed by atoms with E-state index in [1.54, 1.807) is 55.5 Å². The monoisotopic (exact) mass is 691 g/mol. The molecule has 4 rings (SSSR count). The first-order valence-electron chi connectivity index (χ1n) is 15.9. The summed E-state index contributed by atoms with van der Waals surface area (Å²) in [6.07, 6.45) is 3.70. The lowest BCUT2D eigenvalue weighted by molar-refractivity contribution is -0.140. The van der Waals surface area contributed by atoms with E-state index in [2.05, 4.69) is 5.32 Å². The minimum atomic E-state index is -4.30. The molecule has 0 radical (unpaired) electrons. The molecule has 8 nitrogen and oxygen atoms in total. The Kier molecular flexibility index (Phi) is 13.5. The van der Waals surface area contributed by atoms with Gasteiger partial charge in [-0.3, -0.25) is 13.9 Å². The smallest absolute Gasteiger partial charge is 0.264 e. The summed E-state index contributed by atoms with van der Waals surface area (Å²) < 4.78 is 49.5. The molecular weight excluding hydrogens is 650 g/mol. The molecule has 0 aliphatic carbocycles. The molecule has 0 unspecified atom stereocenters. The van der Waals surface area contributed by atoms with Gasteiger partial charge < -0.3 is 15.0 Å². The zero-order chi connectivity index (χ0) is 34.5. The van der Waals surface area contributed by atoms with Gasteiger partial charge in [0.1, 0.15) is 24.2 Å². The second kappa shape index (κ2) is 17.7. The van der Waals surface area contributed by atoms with Gasteiger partial charge in [-0.15, -0.1) is 11.8 Å². The number of benzene rings is 4. The Bertz CT molecular complexity index is 1740. The first-order valence-corrected chi connectivity index (χ1v) is 18.6. The van der Waals surface area contributed by atoms with Gasteiger partial charge in [0.2, 0.25) is 11.8 Å². The van der Waals surface area contributed by atoms with Crippen molar-refractivity contribution in [2.45, 2.75) is 55.5 Å². The van der Waals surface area contributed by atoms with E-state index in [0.29, 0.717) is 17.9 Å². The number of thioether (sulfide) groups is 1. The standard InChI is InChI=1S/C37H42FN3O5S2/c1-4-6-24-39-37(43)34(25-28-12-8-7-9-13-28)40(26-29-16-18-30(38)19-17-29)36(42)27-41(33-14-10-11-15-35(33)46-5-2)48(44,45)32-22-20-31(47-3)21-23-32/h7-23,34H,4-6,24-27H2,1-3H3,(H,39,43)/t34-/m0/s1. The van der Waals surface area contributed by atoms with E-state index < -0.39 is 34.3 Å². The third kappa shape index (κ3) is 9.60. The van der Waals surface area contributed by atoms with Crippen LogP contribution >= 0.6 is 11.8 Å². The number of unbranched alkanes of at least 4 members (excludes halogenated alkanes) is 1. The number of hydrogen-bond acceptors (Lipinski definition) is 6. The summed E-state index contributed by atoms with van der Waals surface area (Å²) in [5, 5.41) is 2.97. The maximum Gasteiger partial charge on any atom is 0.264 e. The molecule has 0 aromatic heterocycles. The van der Waals surface area contributed by atoms with Gasteiger partial charge >= 0.3 is 0 Å². The zero-order valence-corrected chi connectivity index (χ0v) is 29.1. The van der Waals surface area contributed by atoms with Crippen molar-refractivity contribution >= 4 is 39.3 Å². The molecule has 1 atom stereocenters. The number of ether oxygens (including phenoxy) is 1. The van der Waals surface area contributed by atoms with Crippen LogP contribution in [0.25, 0.3) is 0 Å². The largest absolute Gasteiger partial charge is 0.492 e. The molecule has 0 bridgehead atoms. The van der Waals surface area contributed by atoms with E-state index in [1.807, 2.05) is 43.5 Å². The number of anilines is 1. The van der Waals surface area contributed by atoms with Crippen LogP contribution in [0.4, 0.5) is 10.1 Å². The molecule has 1 N–H and O–H groups in total. The molecule has 254 valence electrons. The van der Waals surface area contributed by atoms with Crippen molar-refractivity contribution in [3.8, 4) is 5.75 Å². The van der Waals surface area contributed by atoms with Gasteiger partial charge in [-0.25, -0.2) is 12.8 Å². The number of hydrogen-bond donors (Lipinski definition) is 1. The highest BCUT2D eigenvalue weighted by atomic mass is 32.2. The molecule has 4 aromatic rings. The summed E-state index contributed by atoms with van der Waals surface area (Å²) >= 11 is 1.48. The van der Waals surface area contributed by atoms with E-state index in [-0.39, 0.29) is 36.1 Å². The predicted molar refractivity (Wildman–Crippen MR) is 189 cm³/mol. The molecule has 48 heavy (non-hydrogen) atoms. The lowest BCUT2D eigenvalue weighted by Gasteiger charge is -2.34. The minimum Gasteiger partial charge on any atom is -0.492 e. The van der Waals surface area contributed by atoms with Crippen LogP contribution in [0.15, 0.2) is 113 Å². The molecule has 11 heteroatoms. The van der Waals surface area contributed by atoms with Gasteiger partial charge in [-0.2, -0.15) is 0 Å². The number of amides is 2. The van der Waals surface area contributed by atoms with Crippen LogP contribution in [-0.2, 0) is 32.6 Å². The van der Waals surface area contributed by atoms with Gasteiger partial charge in [-0.05, 0) is 79.3 Å². The van der Waals surface area contributed by atoms with Crippen molar-refractivity contribution < 1.29 is 27.1 Å². The molecular formula is C37H42FN3O5S2. The number of carbonyl (C=O) groups is 2. The summed E-state index contributed by atoms with van der Waals surface area (Å²) in [4.78, 5) is 30.8. The van der Waals surface area contributed by atoms with Gasteiger partial charge in [0, 0.05) is 24.4 Å². The number of carbonyl (C=O) groups excluding carboxylic acids is 2. The van der Waals surface area contributed by atoms with Gasteiger partial charge in [0.25, 0.3) is 10.0 Å². The van der Waals surface area contributed by atoms with Crippen molar-refractivity contribution in [3.63, 3.8) is 0 Å². The molecule has 0 fully saturated rings. The van der Waals surface area contributed by atoms with E-state index in [9.17, 15) is 22.4 Å². The Morgan fingerprint density at radius 1 is 0.875 bits per heavy atom. The van der Waals surface area contributed by atoms with Crippen LogP contribution in [0.1, 0.15) is 37.8 Å². The number of rotatable bonds is 17. The maximum absolute atomic E-state index is 14.6. The maximum atomic E-state index is 14.6. The van der Waals surface area contributed by atoms with Crippen LogP contribution < -0.4 is 14.4 Å². The zero-order valence-electron chi connectivity index (χ0n) is 27.5. The topological polar surface area (TPSA) is 96.0 Å². The highest BCUT2D eigenvalue weighted by Gasteiger charge is 2.35. The summed E-state index contributed by atoms with van der Waals surface area (Å²) in [6.45, 7) is 3.83. The average Bonchev–Trinajstić information content (AvgIpc) is 3.10. The molecule has 2 amide bonds. The molecule has 0 heterocycles. The highest BCUT2D eigenvalue weighted by Crippen LogP contribution is 2.33. The fraction of sp³-hybridized carbons (Fsp3) is 0.297. The number of nitrogens with one attached hydrogen (secondary N) is 1. The Labute approximate surface area is 287 Å². The van der Waals surface area contributed by atoms with Crippen molar-refractivity contribution in [1.82, 2.24) is 10.2 Å². The Morgan fingerprint density at radius 2 is 1.54 bits per heavy atom. The average molecular weight is 692 g/mol. The number of sulfonamides is 1. The van der Waals surface area contributed by atoms with Crippen LogP contribution in [0.2, 0.25) is 0 Å². The van der Waals surface area contributed by atoms with Crippen LogP contribution in [0.5, 0.6) is 5.75 Å². The Hall–Kier alpha value is -4.35. The quantitative estimate of drug-likeness (QED) is 0.0979. The normalized spacial score (nSPS) is 11.8. The van der Waals surface area contributed by atoms with Crippen molar-refractivity contribution in [2.75, 3.05) is 30.3 Å². The van der Waals surface area contributed by atoms with Gasteiger partial charge in [0.15, 0.2) is 0 Å². The highest BCUT2D eigenvalue weighted by molar-refractivity contribution is 7.98. The third-order valence-corrected chi connectivity index (χ3v) is 10.2. The number of nitrogens with zero attached hydrogens (tertiary/aromatic N) is 2. The molecule has 0 aliphatic rings. The van der Waals surface area contributed by atoms with E-state index >= 15 is 0 Å². The van der Waals surface area contributed by atoms with E-state index in [4.69, 9.17) is 4.74 Å². The molecule has 0 saturated carbocycles. The predicted octanol–water partition coefficient (Wildman–Crippen LogP) is 6.70. The second-order valence-electron chi connectivity index (χ2n) is 11.1. The van der Waals surface area contributed by atoms with Crippen LogP contribution in [0, 0.1) is 5.82 Å². The summed E-state index contributed by atoms with van der Waals surface area (Å²) in [7, 11) is -4.30. The SMILES string of the molecule is CCCCNC(=O)[C@H](Cc1ccccc1)N(Cc1ccc(F)cc1)C(=O)CN(c1ccccc1OCC)S(=O)(=O)c1ccc(SC)cc1. The van der Waals surface area contributed by atoms with Crippen molar-refractivity contribution in [3.05, 3.63) is 120 Å². The molecule has 0 aliphatic heterocycles. The lowest BCUT2D eigenvalue weighted by atomic mass is 10.0. The molecule has 0 spiro atoms. The van der Waals surface area contributed by atoms with Gasteiger partial charge in [-0.1, -0.05) is 67.9 Å². The van der Waals surface area contributed by atoms with Crippen LogP contribution in [0.3, 0.4) is 0 Å². The summed E-state index contributed by atoms with van der Waals surface area (Å²) in [5.74, 6) is -1.12. The Balaban J connectivity index is 1.82.